The standard InChI is InChI=1S/C14H21N3O2/c1-10(11-4-6-16-7-5-11)17(3)13(18)14(2)9-19-8-12(14)15/h4-7,10,12H,8-9,15H2,1-3H3. The Bertz CT molecular complexity index is 451. The number of pyridine rings is 1. The molecule has 2 rings (SSSR count). The SMILES string of the molecule is CC(c1ccncc1)N(C)C(=O)C1(C)COCC1N. The Morgan fingerprint density at radius 3 is 2.74 bits per heavy atom. The van der Waals surface area contributed by atoms with Gasteiger partial charge in [-0.3, -0.25) is 9.78 Å². The largest absolute Gasteiger partial charge is 0.379 e. The second-order valence-corrected chi connectivity index (χ2v) is 5.41. The van der Waals surface area contributed by atoms with E-state index in [-0.39, 0.29) is 18.0 Å². The zero-order chi connectivity index (χ0) is 14.0. The van der Waals surface area contributed by atoms with Crippen LogP contribution in [0.15, 0.2) is 24.5 Å². The first-order chi connectivity index (χ1) is 8.97. The maximum Gasteiger partial charge on any atom is 0.232 e. The van der Waals surface area contributed by atoms with E-state index in [4.69, 9.17) is 10.5 Å². The van der Waals surface area contributed by atoms with Gasteiger partial charge in [0, 0.05) is 25.5 Å². The second-order valence-electron chi connectivity index (χ2n) is 5.41. The van der Waals surface area contributed by atoms with Crippen molar-refractivity contribution in [2.24, 2.45) is 11.1 Å². The zero-order valence-electron chi connectivity index (χ0n) is 11.7. The van der Waals surface area contributed by atoms with Crippen LogP contribution in [-0.4, -0.2) is 42.1 Å². The van der Waals surface area contributed by atoms with Crippen LogP contribution in [0.4, 0.5) is 0 Å². The molecule has 1 amide bonds. The van der Waals surface area contributed by atoms with Crippen molar-refractivity contribution in [2.45, 2.75) is 25.9 Å². The number of ether oxygens (including phenoxy) is 1. The summed E-state index contributed by atoms with van der Waals surface area (Å²) in [4.78, 5) is 18.4. The van der Waals surface area contributed by atoms with Crippen molar-refractivity contribution in [3.05, 3.63) is 30.1 Å². The lowest BCUT2D eigenvalue weighted by molar-refractivity contribution is -0.142. The summed E-state index contributed by atoms with van der Waals surface area (Å²) >= 11 is 0. The maximum atomic E-state index is 12.6. The highest BCUT2D eigenvalue weighted by atomic mass is 16.5. The normalized spacial score (nSPS) is 28.1. The first-order valence-electron chi connectivity index (χ1n) is 6.47. The highest BCUT2D eigenvalue weighted by Gasteiger charge is 2.46. The first-order valence-corrected chi connectivity index (χ1v) is 6.47. The lowest BCUT2D eigenvalue weighted by Gasteiger charge is -2.34. The molecule has 2 N–H and O–H groups in total. The number of carbonyl (C=O) groups is 1. The molecule has 5 heteroatoms. The minimum absolute atomic E-state index is 0.0138. The molecule has 0 aromatic carbocycles. The Balaban J connectivity index is 2.15. The molecule has 0 radical (unpaired) electrons. The summed E-state index contributed by atoms with van der Waals surface area (Å²) in [5, 5.41) is 0. The number of aromatic nitrogens is 1. The maximum absolute atomic E-state index is 12.6. The molecular weight excluding hydrogens is 242 g/mol. The van der Waals surface area contributed by atoms with Gasteiger partial charge in [0.1, 0.15) is 0 Å². The Morgan fingerprint density at radius 2 is 2.21 bits per heavy atom. The van der Waals surface area contributed by atoms with Crippen molar-refractivity contribution in [1.29, 1.82) is 0 Å². The molecule has 1 aliphatic rings. The number of nitrogens with two attached hydrogens (primary N) is 1. The molecule has 3 unspecified atom stereocenters. The van der Waals surface area contributed by atoms with Crippen molar-refractivity contribution in [3.63, 3.8) is 0 Å². The molecule has 1 aromatic rings. The highest BCUT2D eigenvalue weighted by Crippen LogP contribution is 2.32. The molecule has 1 fully saturated rings. The molecule has 0 spiro atoms. The summed E-state index contributed by atoms with van der Waals surface area (Å²) in [6.07, 6.45) is 3.46. The van der Waals surface area contributed by atoms with E-state index in [9.17, 15) is 4.79 Å². The van der Waals surface area contributed by atoms with Crippen LogP contribution in [0, 0.1) is 5.41 Å². The summed E-state index contributed by atoms with van der Waals surface area (Å²) in [6, 6.07) is 3.58. The Kier molecular flexibility index (Phi) is 3.87. The topological polar surface area (TPSA) is 68.5 Å². The molecule has 1 saturated heterocycles. The van der Waals surface area contributed by atoms with Crippen molar-refractivity contribution in [2.75, 3.05) is 20.3 Å². The van der Waals surface area contributed by atoms with Gasteiger partial charge in [-0.2, -0.15) is 0 Å². The molecule has 19 heavy (non-hydrogen) atoms. The number of rotatable bonds is 3. The Morgan fingerprint density at radius 1 is 1.58 bits per heavy atom. The van der Waals surface area contributed by atoms with E-state index >= 15 is 0 Å². The Labute approximate surface area is 113 Å². The molecule has 3 atom stereocenters. The summed E-state index contributed by atoms with van der Waals surface area (Å²) in [5.41, 5.74) is 6.44. The third-order valence-corrected chi connectivity index (χ3v) is 4.10. The zero-order valence-corrected chi connectivity index (χ0v) is 11.7. The minimum atomic E-state index is -0.629. The van der Waals surface area contributed by atoms with Crippen LogP contribution in [0.2, 0.25) is 0 Å². The van der Waals surface area contributed by atoms with Crippen LogP contribution in [-0.2, 0) is 9.53 Å². The molecule has 1 aromatic heterocycles. The fourth-order valence-electron chi connectivity index (χ4n) is 2.35. The van der Waals surface area contributed by atoms with Gasteiger partial charge in [-0.25, -0.2) is 0 Å². The fourth-order valence-corrected chi connectivity index (χ4v) is 2.35. The fraction of sp³-hybridized carbons (Fsp3) is 0.571. The number of carbonyl (C=O) groups excluding carboxylic acids is 1. The van der Waals surface area contributed by atoms with Gasteiger partial charge >= 0.3 is 0 Å². The van der Waals surface area contributed by atoms with Gasteiger partial charge in [0.05, 0.1) is 24.7 Å². The average Bonchev–Trinajstić information content (AvgIpc) is 2.78. The highest BCUT2D eigenvalue weighted by molar-refractivity contribution is 5.84. The second kappa shape index (κ2) is 5.27. The van der Waals surface area contributed by atoms with Gasteiger partial charge in [0.25, 0.3) is 0 Å². The monoisotopic (exact) mass is 263 g/mol. The van der Waals surface area contributed by atoms with Crippen LogP contribution < -0.4 is 5.73 Å². The third kappa shape index (κ3) is 2.48. The molecule has 0 saturated carbocycles. The summed E-state index contributed by atoms with van der Waals surface area (Å²) in [5.74, 6) is 0.0295. The smallest absolute Gasteiger partial charge is 0.232 e. The molecule has 0 bridgehead atoms. The first kappa shape index (κ1) is 14.0. The van der Waals surface area contributed by atoms with Gasteiger partial charge in [-0.15, -0.1) is 0 Å². The van der Waals surface area contributed by atoms with E-state index in [0.29, 0.717) is 13.2 Å². The molecular formula is C14H21N3O2. The van der Waals surface area contributed by atoms with Gasteiger partial charge in [-0.05, 0) is 31.5 Å². The van der Waals surface area contributed by atoms with Crippen molar-refractivity contribution >= 4 is 5.91 Å². The molecule has 2 heterocycles. The number of hydrogen-bond donors (Lipinski definition) is 1. The van der Waals surface area contributed by atoms with E-state index < -0.39 is 5.41 Å². The Hall–Kier alpha value is -1.46. The van der Waals surface area contributed by atoms with Crippen LogP contribution in [0.3, 0.4) is 0 Å². The van der Waals surface area contributed by atoms with Crippen LogP contribution in [0.1, 0.15) is 25.5 Å². The van der Waals surface area contributed by atoms with E-state index in [1.165, 1.54) is 0 Å². The molecule has 104 valence electrons. The minimum Gasteiger partial charge on any atom is -0.379 e. The van der Waals surface area contributed by atoms with Gasteiger partial charge < -0.3 is 15.4 Å². The molecule has 5 nitrogen and oxygen atoms in total. The van der Waals surface area contributed by atoms with E-state index in [1.807, 2.05) is 33.0 Å². The molecule has 0 aliphatic carbocycles. The van der Waals surface area contributed by atoms with Crippen LogP contribution in [0.5, 0.6) is 0 Å². The summed E-state index contributed by atoms with van der Waals surface area (Å²) < 4.78 is 5.35. The predicted octanol–water partition coefficient (Wildman–Crippen LogP) is 0.965. The number of hydrogen-bond acceptors (Lipinski definition) is 4. The van der Waals surface area contributed by atoms with Gasteiger partial charge in [0.2, 0.25) is 5.91 Å². The van der Waals surface area contributed by atoms with E-state index in [0.717, 1.165) is 5.56 Å². The molecule has 1 aliphatic heterocycles. The summed E-state index contributed by atoms with van der Waals surface area (Å²) in [7, 11) is 1.81. The van der Waals surface area contributed by atoms with E-state index in [1.54, 1.807) is 17.3 Å². The van der Waals surface area contributed by atoms with Gasteiger partial charge in [-0.1, -0.05) is 0 Å². The van der Waals surface area contributed by atoms with Crippen LogP contribution >= 0.6 is 0 Å². The predicted molar refractivity (Wildman–Crippen MR) is 72.3 cm³/mol. The van der Waals surface area contributed by atoms with Gasteiger partial charge in [0.15, 0.2) is 0 Å². The third-order valence-electron chi connectivity index (χ3n) is 4.10. The number of amides is 1. The number of nitrogens with zero attached hydrogens (tertiary/aromatic N) is 2. The lowest BCUT2D eigenvalue weighted by Crippen LogP contribution is -2.50. The quantitative estimate of drug-likeness (QED) is 0.882. The van der Waals surface area contributed by atoms with E-state index in [2.05, 4.69) is 4.98 Å². The average molecular weight is 263 g/mol. The van der Waals surface area contributed by atoms with Crippen LogP contribution in [0.25, 0.3) is 0 Å². The van der Waals surface area contributed by atoms with Crippen molar-refractivity contribution in [1.82, 2.24) is 9.88 Å². The van der Waals surface area contributed by atoms with Crippen molar-refractivity contribution in [3.8, 4) is 0 Å². The lowest BCUT2D eigenvalue weighted by atomic mass is 9.84. The van der Waals surface area contributed by atoms with Crippen molar-refractivity contribution < 1.29 is 9.53 Å². The summed E-state index contributed by atoms with van der Waals surface area (Å²) in [6.45, 7) is 4.71.